The maximum Gasteiger partial charge on any atom is 0.309 e. The van der Waals surface area contributed by atoms with Crippen LogP contribution >= 0.6 is 0 Å². The van der Waals surface area contributed by atoms with Crippen LogP contribution in [-0.2, 0) is 14.4 Å². The molecule has 0 aromatic carbocycles. The number of aliphatic carboxylic acids is 2. The molecule has 0 aromatic rings. The van der Waals surface area contributed by atoms with E-state index in [9.17, 15) is 19.5 Å². The Morgan fingerprint density at radius 1 is 1.32 bits per heavy atom. The van der Waals surface area contributed by atoms with Crippen LogP contribution in [0, 0.1) is 17.3 Å². The van der Waals surface area contributed by atoms with Gasteiger partial charge in [-0.3, -0.25) is 14.4 Å². The second-order valence-electron chi connectivity index (χ2n) is 6.61. The van der Waals surface area contributed by atoms with Gasteiger partial charge < -0.3 is 15.5 Å². The predicted octanol–water partition coefficient (Wildman–Crippen LogP) is 2.27. The molecule has 4 atom stereocenters. The molecule has 0 heterocycles. The highest BCUT2D eigenvalue weighted by molar-refractivity contribution is 5.78. The van der Waals surface area contributed by atoms with Gasteiger partial charge in [0.2, 0.25) is 5.91 Å². The summed E-state index contributed by atoms with van der Waals surface area (Å²) >= 11 is 0. The molecule has 6 nitrogen and oxygen atoms in total. The first-order valence-corrected chi connectivity index (χ1v) is 7.95. The number of amides is 1. The largest absolute Gasteiger partial charge is 0.481 e. The Balaban J connectivity index is 2.89. The molecule has 6 heteroatoms. The Hall–Kier alpha value is -1.59. The van der Waals surface area contributed by atoms with Gasteiger partial charge in [-0.05, 0) is 44.9 Å². The molecule has 1 amide bonds. The Morgan fingerprint density at radius 2 is 1.95 bits per heavy atom. The highest BCUT2D eigenvalue weighted by Gasteiger charge is 2.49. The van der Waals surface area contributed by atoms with E-state index >= 15 is 0 Å². The van der Waals surface area contributed by atoms with Crippen LogP contribution in [0.2, 0.25) is 0 Å². The molecule has 1 fully saturated rings. The number of carbonyl (C=O) groups excluding carboxylic acids is 1. The second-order valence-corrected chi connectivity index (χ2v) is 6.61. The molecule has 3 N–H and O–H groups in total. The van der Waals surface area contributed by atoms with Gasteiger partial charge in [0, 0.05) is 13.0 Å². The van der Waals surface area contributed by atoms with Gasteiger partial charge in [-0.2, -0.15) is 0 Å². The standard InChI is InChI=1S/C16H27NO5/c1-4-5-12(10(2)17-11(3)18)8-16(15(21)22)7-6-13(9-16)14(19)20/h10,12-13H,4-9H2,1-3H3,(H,17,18)(H,19,20)(H,21,22)/t10?,12?,13-,16-/m1/s1. The van der Waals surface area contributed by atoms with E-state index in [1.165, 1.54) is 6.92 Å². The van der Waals surface area contributed by atoms with Crippen molar-refractivity contribution in [2.24, 2.45) is 17.3 Å². The van der Waals surface area contributed by atoms with Gasteiger partial charge >= 0.3 is 11.9 Å². The smallest absolute Gasteiger partial charge is 0.309 e. The summed E-state index contributed by atoms with van der Waals surface area (Å²) in [5.74, 6) is -2.49. The molecule has 126 valence electrons. The van der Waals surface area contributed by atoms with Crippen LogP contribution in [-0.4, -0.2) is 34.1 Å². The molecule has 2 unspecified atom stereocenters. The number of rotatable bonds is 8. The molecule has 0 bridgehead atoms. The van der Waals surface area contributed by atoms with Crippen molar-refractivity contribution in [3.8, 4) is 0 Å². The first-order chi connectivity index (χ1) is 10.2. The van der Waals surface area contributed by atoms with Crippen LogP contribution in [0.25, 0.3) is 0 Å². The summed E-state index contributed by atoms with van der Waals surface area (Å²) in [5.41, 5.74) is -0.977. The number of carboxylic acids is 2. The molecule has 0 saturated heterocycles. The minimum absolute atomic E-state index is 0.0394. The molecule has 0 aromatic heterocycles. The lowest BCUT2D eigenvalue weighted by Crippen LogP contribution is -2.41. The van der Waals surface area contributed by atoms with Crippen molar-refractivity contribution in [3.63, 3.8) is 0 Å². The zero-order valence-corrected chi connectivity index (χ0v) is 13.6. The summed E-state index contributed by atoms with van der Waals surface area (Å²) in [6, 6.07) is -0.113. The number of nitrogens with one attached hydrogen (secondary N) is 1. The van der Waals surface area contributed by atoms with Gasteiger partial charge in [0.1, 0.15) is 0 Å². The van der Waals surface area contributed by atoms with E-state index in [0.29, 0.717) is 19.3 Å². The summed E-state index contributed by atoms with van der Waals surface area (Å²) in [7, 11) is 0. The molecule has 0 radical (unpaired) electrons. The average Bonchev–Trinajstić information content (AvgIpc) is 2.83. The summed E-state index contributed by atoms with van der Waals surface area (Å²) in [5, 5.41) is 21.7. The van der Waals surface area contributed by atoms with Crippen LogP contribution < -0.4 is 5.32 Å². The SMILES string of the molecule is CCCC(C[C@]1(C(=O)O)CC[C@@H](C(=O)O)C1)C(C)NC(C)=O. The van der Waals surface area contributed by atoms with Crippen molar-refractivity contribution >= 4 is 17.8 Å². The Kier molecular flexibility index (Phi) is 6.38. The van der Waals surface area contributed by atoms with E-state index in [1.54, 1.807) is 0 Å². The minimum Gasteiger partial charge on any atom is -0.481 e. The van der Waals surface area contributed by atoms with E-state index < -0.39 is 23.3 Å². The lowest BCUT2D eigenvalue weighted by Gasteiger charge is -2.33. The third-order valence-corrected chi connectivity index (χ3v) is 4.86. The Bertz CT molecular complexity index is 436. The average molecular weight is 313 g/mol. The molecule has 0 aliphatic heterocycles. The predicted molar refractivity (Wildman–Crippen MR) is 81.3 cm³/mol. The molecular weight excluding hydrogens is 286 g/mol. The Labute approximate surface area is 131 Å². The Morgan fingerprint density at radius 3 is 2.36 bits per heavy atom. The van der Waals surface area contributed by atoms with Crippen LogP contribution in [0.15, 0.2) is 0 Å². The highest BCUT2D eigenvalue weighted by atomic mass is 16.4. The van der Waals surface area contributed by atoms with E-state index in [2.05, 4.69) is 5.32 Å². The summed E-state index contributed by atoms with van der Waals surface area (Å²) < 4.78 is 0. The monoisotopic (exact) mass is 313 g/mol. The van der Waals surface area contributed by atoms with Crippen LogP contribution in [0.4, 0.5) is 0 Å². The van der Waals surface area contributed by atoms with Crippen molar-refractivity contribution in [2.75, 3.05) is 0 Å². The third-order valence-electron chi connectivity index (χ3n) is 4.86. The van der Waals surface area contributed by atoms with Gasteiger partial charge in [0.05, 0.1) is 11.3 Å². The molecule has 1 rings (SSSR count). The fourth-order valence-corrected chi connectivity index (χ4v) is 3.64. The van der Waals surface area contributed by atoms with Gasteiger partial charge in [-0.1, -0.05) is 13.3 Å². The lowest BCUT2D eigenvalue weighted by molar-refractivity contribution is -0.150. The van der Waals surface area contributed by atoms with Crippen molar-refractivity contribution in [1.82, 2.24) is 5.32 Å². The maximum absolute atomic E-state index is 11.8. The lowest BCUT2D eigenvalue weighted by atomic mass is 9.74. The van der Waals surface area contributed by atoms with Gasteiger partial charge in [0.15, 0.2) is 0 Å². The first kappa shape index (κ1) is 18.5. The van der Waals surface area contributed by atoms with Crippen LogP contribution in [0.3, 0.4) is 0 Å². The summed E-state index contributed by atoms with van der Waals surface area (Å²) in [6.45, 7) is 5.36. The quantitative estimate of drug-likeness (QED) is 0.638. The van der Waals surface area contributed by atoms with Gasteiger partial charge in [0.25, 0.3) is 0 Å². The van der Waals surface area contributed by atoms with Crippen LogP contribution in [0.1, 0.15) is 59.3 Å². The molecule has 22 heavy (non-hydrogen) atoms. The number of carboxylic acid groups (broad SMARTS) is 2. The fraction of sp³-hybridized carbons (Fsp3) is 0.812. The maximum atomic E-state index is 11.8. The molecule has 0 spiro atoms. The van der Waals surface area contributed by atoms with Crippen molar-refractivity contribution in [1.29, 1.82) is 0 Å². The fourth-order valence-electron chi connectivity index (χ4n) is 3.64. The van der Waals surface area contributed by atoms with E-state index in [-0.39, 0.29) is 24.3 Å². The minimum atomic E-state index is -0.977. The first-order valence-electron chi connectivity index (χ1n) is 7.95. The molecule has 1 aliphatic carbocycles. The van der Waals surface area contributed by atoms with Gasteiger partial charge in [-0.25, -0.2) is 0 Å². The van der Waals surface area contributed by atoms with Crippen molar-refractivity contribution < 1.29 is 24.6 Å². The number of hydrogen-bond acceptors (Lipinski definition) is 3. The topological polar surface area (TPSA) is 104 Å². The third kappa shape index (κ3) is 4.45. The molecular formula is C16H27NO5. The van der Waals surface area contributed by atoms with Crippen LogP contribution in [0.5, 0.6) is 0 Å². The van der Waals surface area contributed by atoms with Crippen molar-refractivity contribution in [3.05, 3.63) is 0 Å². The van der Waals surface area contributed by atoms with Crippen molar-refractivity contribution in [2.45, 2.75) is 65.3 Å². The summed E-state index contributed by atoms with van der Waals surface area (Å²) in [4.78, 5) is 34.2. The van der Waals surface area contributed by atoms with E-state index in [1.807, 2.05) is 13.8 Å². The number of carbonyl (C=O) groups is 3. The van der Waals surface area contributed by atoms with E-state index in [0.717, 1.165) is 12.8 Å². The second kappa shape index (κ2) is 7.61. The van der Waals surface area contributed by atoms with Gasteiger partial charge in [-0.15, -0.1) is 0 Å². The zero-order chi connectivity index (χ0) is 16.9. The molecule has 1 saturated carbocycles. The zero-order valence-electron chi connectivity index (χ0n) is 13.6. The molecule has 1 aliphatic rings. The normalized spacial score (nSPS) is 27.1. The summed E-state index contributed by atoms with van der Waals surface area (Å²) in [6.07, 6.45) is 3.12. The van der Waals surface area contributed by atoms with E-state index in [4.69, 9.17) is 5.11 Å². The number of hydrogen-bond donors (Lipinski definition) is 3. The highest BCUT2D eigenvalue weighted by Crippen LogP contribution is 2.47.